The number of fused-ring (bicyclic) bond motifs is 1. The van der Waals surface area contributed by atoms with Gasteiger partial charge in [-0.25, -0.2) is 4.98 Å². The molecule has 0 radical (unpaired) electrons. The number of carbonyl (C=O) groups excluding carboxylic acids is 1. The molecule has 0 unspecified atom stereocenters. The Balaban J connectivity index is 1.46. The molecule has 1 aliphatic rings. The molecular formula is C24H29N3O3. The Bertz CT molecular complexity index is 1130. The standard InChI is InChI=1S/C24H29N3O3/c1-15(2)23-25-7-10-27(23)14-18-5-8-26(9-6-18)24(29)22-13-20(28)19-11-16(3)17(4)12-21(19)30-22/h7,10-13,15,18H,5-6,8-9,14H2,1-4H3. The summed E-state index contributed by atoms with van der Waals surface area (Å²) in [5.74, 6) is 1.94. The molecule has 0 aliphatic carbocycles. The van der Waals surface area contributed by atoms with Crippen LogP contribution in [0.1, 0.15) is 60.1 Å². The Kier molecular flexibility index (Phi) is 5.50. The van der Waals surface area contributed by atoms with Crippen LogP contribution in [0.15, 0.2) is 39.8 Å². The minimum absolute atomic E-state index is 0.130. The van der Waals surface area contributed by atoms with Gasteiger partial charge in [0.05, 0.1) is 5.39 Å². The fourth-order valence-corrected chi connectivity index (χ4v) is 4.25. The van der Waals surface area contributed by atoms with Crippen molar-refractivity contribution in [1.29, 1.82) is 0 Å². The van der Waals surface area contributed by atoms with Crippen LogP contribution in [0.5, 0.6) is 0 Å². The third-order valence-corrected chi connectivity index (χ3v) is 6.17. The SMILES string of the molecule is Cc1cc2oc(C(=O)N3CCC(Cn4ccnc4C(C)C)CC3)cc(=O)c2cc1C. The van der Waals surface area contributed by atoms with Gasteiger partial charge in [0.1, 0.15) is 11.4 Å². The van der Waals surface area contributed by atoms with Crippen molar-refractivity contribution in [3.05, 3.63) is 63.5 Å². The quantitative estimate of drug-likeness (QED) is 0.647. The zero-order valence-electron chi connectivity index (χ0n) is 18.1. The number of aromatic nitrogens is 2. The molecule has 6 nitrogen and oxygen atoms in total. The summed E-state index contributed by atoms with van der Waals surface area (Å²) >= 11 is 0. The number of hydrogen-bond acceptors (Lipinski definition) is 4. The molecule has 30 heavy (non-hydrogen) atoms. The summed E-state index contributed by atoms with van der Waals surface area (Å²) < 4.78 is 8.08. The number of nitrogens with zero attached hydrogens (tertiary/aromatic N) is 3. The molecule has 0 atom stereocenters. The number of piperidine rings is 1. The Morgan fingerprint density at radius 3 is 2.57 bits per heavy atom. The molecule has 0 saturated carbocycles. The van der Waals surface area contributed by atoms with Crippen molar-refractivity contribution in [2.45, 2.75) is 53.0 Å². The highest BCUT2D eigenvalue weighted by atomic mass is 16.3. The summed E-state index contributed by atoms with van der Waals surface area (Å²) in [5.41, 5.74) is 2.38. The first-order valence-corrected chi connectivity index (χ1v) is 10.7. The van der Waals surface area contributed by atoms with E-state index in [1.807, 2.05) is 38.4 Å². The van der Waals surface area contributed by atoms with Crippen LogP contribution in [0, 0.1) is 19.8 Å². The van der Waals surface area contributed by atoms with Crippen molar-refractivity contribution >= 4 is 16.9 Å². The first-order chi connectivity index (χ1) is 14.3. The van der Waals surface area contributed by atoms with E-state index in [0.717, 1.165) is 36.3 Å². The summed E-state index contributed by atoms with van der Waals surface area (Å²) in [6, 6.07) is 5.01. The van der Waals surface area contributed by atoms with Crippen LogP contribution in [0.2, 0.25) is 0 Å². The summed E-state index contributed by atoms with van der Waals surface area (Å²) in [6.45, 7) is 10.5. The van der Waals surface area contributed by atoms with Gasteiger partial charge in [-0.05, 0) is 55.9 Å². The fourth-order valence-electron chi connectivity index (χ4n) is 4.25. The maximum Gasteiger partial charge on any atom is 0.289 e. The highest BCUT2D eigenvalue weighted by Crippen LogP contribution is 2.24. The summed E-state index contributed by atoms with van der Waals surface area (Å²) in [7, 11) is 0. The van der Waals surface area contributed by atoms with E-state index in [1.54, 1.807) is 4.90 Å². The molecule has 0 N–H and O–H groups in total. The highest BCUT2D eigenvalue weighted by molar-refractivity contribution is 5.93. The van der Waals surface area contributed by atoms with Crippen molar-refractivity contribution in [1.82, 2.24) is 14.5 Å². The van der Waals surface area contributed by atoms with Crippen LogP contribution in [-0.2, 0) is 6.54 Å². The van der Waals surface area contributed by atoms with Crippen LogP contribution in [0.4, 0.5) is 0 Å². The predicted octanol–water partition coefficient (Wildman–Crippen LogP) is 4.28. The smallest absolute Gasteiger partial charge is 0.289 e. The van der Waals surface area contributed by atoms with Crippen LogP contribution >= 0.6 is 0 Å². The monoisotopic (exact) mass is 407 g/mol. The number of hydrogen-bond donors (Lipinski definition) is 0. The van der Waals surface area contributed by atoms with Crippen LogP contribution in [0.3, 0.4) is 0 Å². The summed E-state index contributed by atoms with van der Waals surface area (Å²) in [4.78, 5) is 31.8. The molecule has 6 heteroatoms. The largest absolute Gasteiger partial charge is 0.451 e. The Morgan fingerprint density at radius 1 is 1.17 bits per heavy atom. The minimum Gasteiger partial charge on any atom is -0.451 e. The lowest BCUT2D eigenvalue weighted by atomic mass is 9.96. The first-order valence-electron chi connectivity index (χ1n) is 10.7. The topological polar surface area (TPSA) is 68.3 Å². The molecule has 0 spiro atoms. The second-order valence-electron chi connectivity index (χ2n) is 8.74. The first kappa shape index (κ1) is 20.4. The number of benzene rings is 1. The molecule has 0 bridgehead atoms. The van der Waals surface area contributed by atoms with Crippen molar-refractivity contribution < 1.29 is 9.21 Å². The number of likely N-dealkylation sites (tertiary alicyclic amines) is 1. The minimum atomic E-state index is -0.198. The van der Waals surface area contributed by atoms with E-state index in [-0.39, 0.29) is 17.1 Å². The van der Waals surface area contributed by atoms with Gasteiger partial charge in [0.2, 0.25) is 0 Å². The lowest BCUT2D eigenvalue weighted by molar-refractivity contribution is 0.0651. The van der Waals surface area contributed by atoms with Gasteiger partial charge >= 0.3 is 0 Å². The zero-order valence-corrected chi connectivity index (χ0v) is 18.1. The van der Waals surface area contributed by atoms with E-state index in [9.17, 15) is 9.59 Å². The fraction of sp³-hybridized carbons (Fsp3) is 0.458. The molecule has 1 amide bonds. The Labute approximate surface area is 176 Å². The molecule has 3 aromatic rings. The Hall–Kier alpha value is -2.89. The van der Waals surface area contributed by atoms with Gasteiger partial charge < -0.3 is 13.9 Å². The van der Waals surface area contributed by atoms with Crippen molar-refractivity contribution in [2.75, 3.05) is 13.1 Å². The molecule has 158 valence electrons. The second-order valence-corrected chi connectivity index (χ2v) is 8.74. The van der Waals surface area contributed by atoms with E-state index >= 15 is 0 Å². The predicted molar refractivity (Wildman–Crippen MR) is 117 cm³/mol. The van der Waals surface area contributed by atoms with E-state index in [4.69, 9.17) is 4.42 Å². The van der Waals surface area contributed by atoms with Crippen LogP contribution in [-0.4, -0.2) is 33.4 Å². The molecule has 4 rings (SSSR count). The molecular weight excluding hydrogens is 378 g/mol. The Morgan fingerprint density at radius 2 is 1.87 bits per heavy atom. The molecule has 1 saturated heterocycles. The summed E-state index contributed by atoms with van der Waals surface area (Å²) in [5, 5.41) is 0.523. The molecule has 3 heterocycles. The second kappa shape index (κ2) is 8.09. The number of imidazole rings is 1. The summed E-state index contributed by atoms with van der Waals surface area (Å²) in [6.07, 6.45) is 5.76. The van der Waals surface area contributed by atoms with Crippen LogP contribution in [0.25, 0.3) is 11.0 Å². The maximum atomic E-state index is 13.0. The normalized spacial score (nSPS) is 15.3. The van der Waals surface area contributed by atoms with Crippen molar-refractivity contribution in [2.24, 2.45) is 5.92 Å². The number of rotatable bonds is 4. The van der Waals surface area contributed by atoms with E-state index in [2.05, 4.69) is 23.4 Å². The van der Waals surface area contributed by atoms with Gasteiger partial charge in [0.15, 0.2) is 11.2 Å². The third-order valence-electron chi connectivity index (χ3n) is 6.17. The number of amides is 1. The average Bonchev–Trinajstić information content (AvgIpc) is 3.18. The maximum absolute atomic E-state index is 13.0. The van der Waals surface area contributed by atoms with Gasteiger partial charge in [-0.15, -0.1) is 0 Å². The lowest BCUT2D eigenvalue weighted by Gasteiger charge is -2.32. The van der Waals surface area contributed by atoms with Gasteiger partial charge in [-0.3, -0.25) is 9.59 Å². The van der Waals surface area contributed by atoms with E-state index < -0.39 is 0 Å². The molecule has 1 fully saturated rings. The lowest BCUT2D eigenvalue weighted by Crippen LogP contribution is -2.39. The van der Waals surface area contributed by atoms with Gasteiger partial charge in [0.25, 0.3) is 5.91 Å². The highest BCUT2D eigenvalue weighted by Gasteiger charge is 2.26. The van der Waals surface area contributed by atoms with Crippen molar-refractivity contribution in [3.8, 4) is 0 Å². The van der Waals surface area contributed by atoms with Crippen LogP contribution < -0.4 is 5.43 Å². The molecule has 2 aromatic heterocycles. The zero-order chi connectivity index (χ0) is 21.4. The average molecular weight is 408 g/mol. The van der Waals surface area contributed by atoms with E-state index in [1.165, 1.54) is 6.07 Å². The number of carbonyl (C=O) groups is 1. The van der Waals surface area contributed by atoms with Gasteiger partial charge in [0, 0.05) is 44.0 Å². The van der Waals surface area contributed by atoms with Gasteiger partial charge in [-0.2, -0.15) is 0 Å². The number of aryl methyl sites for hydroxylation is 2. The molecule has 1 aromatic carbocycles. The van der Waals surface area contributed by atoms with Crippen molar-refractivity contribution in [3.63, 3.8) is 0 Å². The molecule has 1 aliphatic heterocycles. The van der Waals surface area contributed by atoms with E-state index in [0.29, 0.717) is 35.9 Å². The van der Waals surface area contributed by atoms with Gasteiger partial charge in [-0.1, -0.05) is 13.8 Å². The third kappa shape index (κ3) is 3.91.